The number of rotatable bonds is 1. The van der Waals surface area contributed by atoms with Crippen molar-refractivity contribution in [2.24, 2.45) is 0 Å². The summed E-state index contributed by atoms with van der Waals surface area (Å²) < 4.78 is 39.0. The van der Waals surface area contributed by atoms with Crippen LogP contribution < -0.4 is 0 Å². The topological polar surface area (TPSA) is 17.3 Å². The van der Waals surface area contributed by atoms with Crippen LogP contribution in [0.5, 0.6) is 0 Å². The predicted molar refractivity (Wildman–Crippen MR) is 57.0 cm³/mol. The van der Waals surface area contributed by atoms with Gasteiger partial charge in [-0.1, -0.05) is 6.07 Å². The predicted octanol–water partition coefficient (Wildman–Crippen LogP) is 3.51. The second-order valence-electron chi connectivity index (χ2n) is 2.97. The minimum Gasteiger partial charge on any atom is -0.296 e. The molecule has 0 bridgehead atoms. The fraction of sp³-hybridized carbons (Fsp3) is 0.222. The molecule has 2 aromatic rings. The lowest BCUT2D eigenvalue weighted by molar-refractivity contribution is -0.142. The number of hydrogen-bond acceptors (Lipinski definition) is 1. The Kier molecular flexibility index (Phi) is 3.70. The SMILES string of the molecule is Cl.FC(F)(F)c1c(CCl)nc2ccccn12. The summed E-state index contributed by atoms with van der Waals surface area (Å²) >= 11 is 5.43. The average molecular weight is 271 g/mol. The van der Waals surface area contributed by atoms with Crippen molar-refractivity contribution in [3.05, 3.63) is 35.8 Å². The van der Waals surface area contributed by atoms with Crippen molar-refractivity contribution in [2.45, 2.75) is 12.1 Å². The van der Waals surface area contributed by atoms with E-state index in [1.54, 1.807) is 6.07 Å². The summed E-state index contributed by atoms with van der Waals surface area (Å²) in [4.78, 5) is 3.81. The molecule has 0 saturated heterocycles. The summed E-state index contributed by atoms with van der Waals surface area (Å²) in [6.07, 6.45) is -3.12. The van der Waals surface area contributed by atoms with Crippen LogP contribution in [-0.4, -0.2) is 9.38 Å². The lowest BCUT2D eigenvalue weighted by Crippen LogP contribution is -2.11. The molecule has 0 aliphatic rings. The van der Waals surface area contributed by atoms with E-state index in [0.29, 0.717) is 0 Å². The molecule has 0 fully saturated rings. The van der Waals surface area contributed by atoms with Crippen molar-refractivity contribution in [3.8, 4) is 0 Å². The molecule has 7 heteroatoms. The first kappa shape index (κ1) is 13.1. The highest BCUT2D eigenvalue weighted by Crippen LogP contribution is 2.33. The van der Waals surface area contributed by atoms with E-state index in [1.807, 2.05) is 0 Å². The molecule has 0 amide bonds. The highest BCUT2D eigenvalue weighted by molar-refractivity contribution is 6.17. The number of hydrogen-bond donors (Lipinski definition) is 0. The van der Waals surface area contributed by atoms with Gasteiger partial charge in [0.25, 0.3) is 0 Å². The Labute approximate surface area is 100 Å². The van der Waals surface area contributed by atoms with E-state index in [1.165, 1.54) is 18.3 Å². The molecule has 2 nitrogen and oxygen atoms in total. The minimum absolute atomic E-state index is 0. The Bertz CT molecular complexity index is 493. The van der Waals surface area contributed by atoms with Crippen LogP contribution in [0.25, 0.3) is 5.65 Å². The fourth-order valence-electron chi connectivity index (χ4n) is 1.44. The van der Waals surface area contributed by atoms with E-state index < -0.39 is 11.9 Å². The first-order valence-electron chi connectivity index (χ1n) is 4.13. The van der Waals surface area contributed by atoms with Gasteiger partial charge in [0, 0.05) is 6.20 Å². The molecule has 0 unspecified atom stereocenters. The van der Waals surface area contributed by atoms with Crippen LogP contribution >= 0.6 is 24.0 Å². The summed E-state index contributed by atoms with van der Waals surface area (Å²) in [6, 6.07) is 4.65. The van der Waals surface area contributed by atoms with Crippen LogP contribution in [0.4, 0.5) is 13.2 Å². The number of aromatic nitrogens is 2. The van der Waals surface area contributed by atoms with Crippen molar-refractivity contribution in [3.63, 3.8) is 0 Å². The maximum atomic E-state index is 12.7. The molecule has 0 radical (unpaired) electrons. The summed E-state index contributed by atoms with van der Waals surface area (Å²) in [6.45, 7) is 0. The zero-order valence-corrected chi connectivity index (χ0v) is 9.40. The Hall–Kier alpha value is -0.940. The largest absolute Gasteiger partial charge is 0.433 e. The number of pyridine rings is 1. The molecule has 0 atom stereocenters. The number of fused-ring (bicyclic) bond motifs is 1. The van der Waals surface area contributed by atoms with E-state index >= 15 is 0 Å². The highest BCUT2D eigenvalue weighted by Gasteiger charge is 2.37. The molecule has 0 aliphatic heterocycles. The van der Waals surface area contributed by atoms with Crippen molar-refractivity contribution in [2.75, 3.05) is 0 Å². The van der Waals surface area contributed by atoms with E-state index in [0.717, 1.165) is 4.40 Å². The number of nitrogens with zero attached hydrogens (tertiary/aromatic N) is 2. The standard InChI is InChI=1S/C9H6ClF3N2.ClH/c10-5-6-8(9(11,12)13)15-4-2-1-3-7(15)14-6;/h1-4H,5H2;1H. The zero-order chi connectivity index (χ0) is 11.1. The van der Waals surface area contributed by atoms with Gasteiger partial charge in [-0.15, -0.1) is 24.0 Å². The first-order valence-corrected chi connectivity index (χ1v) is 4.66. The van der Waals surface area contributed by atoms with Crippen LogP contribution in [0.1, 0.15) is 11.4 Å². The molecule has 0 N–H and O–H groups in total. The van der Waals surface area contributed by atoms with Gasteiger partial charge in [-0.05, 0) is 12.1 Å². The Morgan fingerprint density at radius 1 is 1.31 bits per heavy atom. The van der Waals surface area contributed by atoms with E-state index in [-0.39, 0.29) is 29.6 Å². The van der Waals surface area contributed by atoms with Crippen LogP contribution in [0, 0.1) is 0 Å². The molecule has 0 aliphatic carbocycles. The summed E-state index contributed by atoms with van der Waals surface area (Å²) in [5.74, 6) is -0.253. The summed E-state index contributed by atoms with van der Waals surface area (Å²) in [7, 11) is 0. The quantitative estimate of drug-likeness (QED) is 0.725. The molecular formula is C9H7Cl2F3N2. The second-order valence-corrected chi connectivity index (χ2v) is 3.23. The van der Waals surface area contributed by atoms with Gasteiger partial charge in [0.15, 0.2) is 5.69 Å². The third kappa shape index (κ3) is 2.10. The third-order valence-corrected chi connectivity index (χ3v) is 2.25. The van der Waals surface area contributed by atoms with E-state index in [9.17, 15) is 13.2 Å². The lowest BCUT2D eigenvalue weighted by Gasteiger charge is -2.07. The zero-order valence-electron chi connectivity index (χ0n) is 7.83. The minimum atomic E-state index is -4.44. The third-order valence-electron chi connectivity index (χ3n) is 2.00. The van der Waals surface area contributed by atoms with Gasteiger partial charge in [0.1, 0.15) is 5.65 Å². The first-order chi connectivity index (χ1) is 7.04. The maximum Gasteiger partial charge on any atom is 0.433 e. The Morgan fingerprint density at radius 3 is 2.56 bits per heavy atom. The maximum absolute atomic E-state index is 12.7. The molecule has 2 rings (SSSR count). The number of halogens is 5. The normalized spacial score (nSPS) is 11.5. The van der Waals surface area contributed by atoms with Crippen LogP contribution in [0.2, 0.25) is 0 Å². The van der Waals surface area contributed by atoms with Gasteiger partial charge < -0.3 is 0 Å². The second kappa shape index (κ2) is 4.51. The summed E-state index contributed by atoms with van der Waals surface area (Å²) in [5, 5.41) is 0. The smallest absolute Gasteiger partial charge is 0.296 e. The van der Waals surface area contributed by atoms with Gasteiger partial charge in [-0.3, -0.25) is 4.40 Å². The van der Waals surface area contributed by atoms with Crippen molar-refractivity contribution >= 4 is 29.7 Å². The van der Waals surface area contributed by atoms with E-state index in [4.69, 9.17) is 11.6 Å². The van der Waals surface area contributed by atoms with Crippen molar-refractivity contribution < 1.29 is 13.2 Å². The molecule has 0 spiro atoms. The van der Waals surface area contributed by atoms with Gasteiger partial charge in [0.2, 0.25) is 0 Å². The number of alkyl halides is 4. The van der Waals surface area contributed by atoms with Crippen molar-refractivity contribution in [1.29, 1.82) is 0 Å². The molecule has 2 aromatic heterocycles. The van der Waals surface area contributed by atoms with Crippen LogP contribution in [0.3, 0.4) is 0 Å². The van der Waals surface area contributed by atoms with Gasteiger partial charge in [0.05, 0.1) is 11.6 Å². The van der Waals surface area contributed by atoms with Gasteiger partial charge in [-0.2, -0.15) is 13.2 Å². The van der Waals surface area contributed by atoms with Crippen molar-refractivity contribution in [1.82, 2.24) is 9.38 Å². The fourth-order valence-corrected chi connectivity index (χ4v) is 1.62. The molecule has 16 heavy (non-hydrogen) atoms. The van der Waals surface area contributed by atoms with Gasteiger partial charge >= 0.3 is 6.18 Å². The monoisotopic (exact) mass is 270 g/mol. The van der Waals surface area contributed by atoms with Gasteiger partial charge in [-0.25, -0.2) is 4.98 Å². The summed E-state index contributed by atoms with van der Waals surface area (Å²) in [5.41, 5.74) is -0.691. The lowest BCUT2D eigenvalue weighted by atomic mass is 10.3. The molecule has 2 heterocycles. The molecule has 88 valence electrons. The number of imidazole rings is 1. The molecule has 0 saturated carbocycles. The molecular weight excluding hydrogens is 264 g/mol. The van der Waals surface area contributed by atoms with E-state index in [2.05, 4.69) is 4.98 Å². The molecule has 0 aromatic carbocycles. The Morgan fingerprint density at radius 2 is 2.00 bits per heavy atom. The Balaban J connectivity index is 0.00000128. The highest BCUT2D eigenvalue weighted by atomic mass is 35.5. The van der Waals surface area contributed by atoms with Crippen LogP contribution in [-0.2, 0) is 12.1 Å². The average Bonchev–Trinajstić information content (AvgIpc) is 2.54. The van der Waals surface area contributed by atoms with Crippen LogP contribution in [0.15, 0.2) is 24.4 Å².